The number of esters is 1. The van der Waals surface area contributed by atoms with Gasteiger partial charge in [-0.2, -0.15) is 4.57 Å². The first kappa shape index (κ1) is 11.4. The van der Waals surface area contributed by atoms with E-state index in [1.54, 1.807) is 29.9 Å². The first-order valence-electron chi connectivity index (χ1n) is 3.28. The van der Waals surface area contributed by atoms with Crippen molar-refractivity contribution in [3.63, 3.8) is 0 Å². The van der Waals surface area contributed by atoms with Crippen LogP contribution >= 0.6 is 0 Å². The monoisotopic (exact) mass is 279 g/mol. The standard InChI is InChI=1S/C8H10NO2.HI/c1-9-6-4-3-5-7(9)8(10)11-2;/h3-6H,1-2H3;1H/q+1;/p-1. The Morgan fingerprint density at radius 2 is 2.17 bits per heavy atom. The zero-order valence-corrected chi connectivity index (χ0v) is 9.11. The van der Waals surface area contributed by atoms with Crippen molar-refractivity contribution in [2.75, 3.05) is 7.11 Å². The molecular weight excluding hydrogens is 269 g/mol. The molecule has 1 rings (SSSR count). The molecule has 0 aliphatic rings. The van der Waals surface area contributed by atoms with Crippen LogP contribution < -0.4 is 28.5 Å². The number of rotatable bonds is 1. The Morgan fingerprint density at radius 1 is 1.50 bits per heavy atom. The predicted octanol–water partition coefficient (Wildman–Crippen LogP) is -2.70. The molecule has 0 unspecified atom stereocenters. The van der Waals surface area contributed by atoms with Crippen LogP contribution in [0.1, 0.15) is 10.5 Å². The van der Waals surface area contributed by atoms with Crippen molar-refractivity contribution in [2.45, 2.75) is 0 Å². The molecule has 1 heterocycles. The molecule has 0 saturated heterocycles. The first-order chi connectivity index (χ1) is 5.25. The summed E-state index contributed by atoms with van der Waals surface area (Å²) in [5.74, 6) is -0.312. The molecule has 0 aliphatic heterocycles. The molecule has 0 radical (unpaired) electrons. The third-order valence-corrected chi connectivity index (χ3v) is 1.45. The predicted molar refractivity (Wildman–Crippen MR) is 39.0 cm³/mol. The molecule has 0 aromatic carbocycles. The van der Waals surface area contributed by atoms with Gasteiger partial charge in [-0.3, -0.25) is 0 Å². The number of carbonyl (C=O) groups is 1. The molecule has 0 saturated carbocycles. The summed E-state index contributed by atoms with van der Waals surface area (Å²) in [6, 6.07) is 5.37. The molecule has 3 nitrogen and oxygen atoms in total. The summed E-state index contributed by atoms with van der Waals surface area (Å²) in [7, 11) is 3.17. The van der Waals surface area contributed by atoms with Gasteiger partial charge in [0.2, 0.25) is 0 Å². The number of halogens is 1. The second-order valence-electron chi connectivity index (χ2n) is 2.19. The van der Waals surface area contributed by atoms with Gasteiger partial charge < -0.3 is 28.7 Å². The summed E-state index contributed by atoms with van der Waals surface area (Å²) in [6.07, 6.45) is 1.80. The summed E-state index contributed by atoms with van der Waals surface area (Å²) in [4.78, 5) is 11.0. The maximum atomic E-state index is 11.0. The summed E-state index contributed by atoms with van der Waals surface area (Å²) in [5, 5.41) is 0. The molecule has 0 atom stereocenters. The smallest absolute Gasteiger partial charge is 0.403 e. The second kappa shape index (κ2) is 5.08. The van der Waals surface area contributed by atoms with Gasteiger partial charge in [-0.05, 0) is 6.07 Å². The molecule has 4 heteroatoms. The highest BCUT2D eigenvalue weighted by Gasteiger charge is 2.14. The van der Waals surface area contributed by atoms with E-state index >= 15 is 0 Å². The lowest BCUT2D eigenvalue weighted by Gasteiger charge is -1.95. The van der Waals surface area contributed by atoms with Crippen LogP contribution in [0.4, 0.5) is 0 Å². The van der Waals surface area contributed by atoms with Crippen molar-refractivity contribution in [1.82, 2.24) is 0 Å². The number of nitrogens with zero attached hydrogens (tertiary/aromatic N) is 1. The number of aryl methyl sites for hydroxylation is 1. The van der Waals surface area contributed by atoms with E-state index in [0.29, 0.717) is 5.69 Å². The highest BCUT2D eigenvalue weighted by Crippen LogP contribution is 1.91. The van der Waals surface area contributed by atoms with Gasteiger partial charge in [-0.15, -0.1) is 0 Å². The van der Waals surface area contributed by atoms with Gasteiger partial charge in [-0.1, -0.05) is 0 Å². The van der Waals surface area contributed by atoms with Crippen molar-refractivity contribution in [2.24, 2.45) is 7.05 Å². The molecular formula is C8H10INO2. The van der Waals surface area contributed by atoms with Crippen LogP contribution in [-0.4, -0.2) is 13.1 Å². The van der Waals surface area contributed by atoms with Crippen LogP contribution in [0, 0.1) is 0 Å². The lowest BCUT2D eigenvalue weighted by molar-refractivity contribution is -0.674. The van der Waals surface area contributed by atoms with Gasteiger partial charge in [0.15, 0.2) is 6.20 Å². The van der Waals surface area contributed by atoms with Crippen molar-refractivity contribution in [1.29, 1.82) is 0 Å². The maximum Gasteiger partial charge on any atom is 0.403 e. The molecule has 66 valence electrons. The van der Waals surface area contributed by atoms with Crippen LogP contribution in [0.5, 0.6) is 0 Å². The van der Waals surface area contributed by atoms with E-state index in [2.05, 4.69) is 4.74 Å². The summed E-state index contributed by atoms with van der Waals surface area (Å²) < 4.78 is 6.27. The molecule has 0 aliphatic carbocycles. The minimum absolute atomic E-state index is 0. The van der Waals surface area contributed by atoms with Gasteiger partial charge in [0.1, 0.15) is 7.05 Å². The van der Waals surface area contributed by atoms with E-state index in [9.17, 15) is 4.79 Å². The Balaban J connectivity index is 0.00000121. The van der Waals surface area contributed by atoms with E-state index in [-0.39, 0.29) is 29.9 Å². The van der Waals surface area contributed by atoms with E-state index in [4.69, 9.17) is 0 Å². The number of hydrogen-bond acceptors (Lipinski definition) is 2. The van der Waals surface area contributed by atoms with Gasteiger partial charge in [-0.25, -0.2) is 4.79 Å². The fourth-order valence-corrected chi connectivity index (χ4v) is 0.840. The zero-order chi connectivity index (χ0) is 8.27. The van der Waals surface area contributed by atoms with Crippen LogP contribution in [0.25, 0.3) is 0 Å². The van der Waals surface area contributed by atoms with Crippen LogP contribution in [-0.2, 0) is 11.8 Å². The molecule has 0 bridgehead atoms. The number of pyridine rings is 1. The quantitative estimate of drug-likeness (QED) is 0.318. The molecule has 0 N–H and O–H groups in total. The van der Waals surface area contributed by atoms with E-state index in [1.807, 2.05) is 6.07 Å². The molecule has 0 spiro atoms. The Kier molecular flexibility index (Phi) is 4.80. The fraction of sp³-hybridized carbons (Fsp3) is 0.250. The number of methoxy groups -OCH3 is 1. The van der Waals surface area contributed by atoms with Crippen molar-refractivity contribution in [3.8, 4) is 0 Å². The largest absolute Gasteiger partial charge is 1.00 e. The molecule has 1 aromatic heterocycles. The average molecular weight is 279 g/mol. The van der Waals surface area contributed by atoms with Crippen molar-refractivity contribution in [3.05, 3.63) is 30.1 Å². The van der Waals surface area contributed by atoms with Gasteiger partial charge in [0.25, 0.3) is 5.69 Å². The fourth-order valence-electron chi connectivity index (χ4n) is 0.840. The van der Waals surface area contributed by atoms with E-state index in [0.717, 1.165) is 0 Å². The van der Waals surface area contributed by atoms with Crippen LogP contribution in [0.15, 0.2) is 24.4 Å². The normalized spacial score (nSPS) is 8.50. The van der Waals surface area contributed by atoms with Gasteiger partial charge in [0.05, 0.1) is 7.11 Å². The summed E-state index contributed by atoms with van der Waals surface area (Å²) >= 11 is 0. The third-order valence-electron chi connectivity index (χ3n) is 1.45. The van der Waals surface area contributed by atoms with Crippen LogP contribution in [0.2, 0.25) is 0 Å². The Labute approximate surface area is 88.4 Å². The molecule has 0 amide bonds. The Bertz CT molecular complexity index is 276. The minimum Gasteiger partial charge on any atom is -1.00 e. The Hall–Kier alpha value is -0.650. The number of hydrogen-bond donors (Lipinski definition) is 0. The highest BCUT2D eigenvalue weighted by atomic mass is 127. The minimum atomic E-state index is -0.312. The van der Waals surface area contributed by atoms with Gasteiger partial charge >= 0.3 is 5.97 Å². The SMILES string of the molecule is COC(=O)c1cccc[n+]1C.[I-]. The molecule has 12 heavy (non-hydrogen) atoms. The third kappa shape index (κ3) is 2.44. The zero-order valence-electron chi connectivity index (χ0n) is 6.95. The maximum absolute atomic E-state index is 11.0. The number of carbonyl (C=O) groups excluding carboxylic acids is 1. The highest BCUT2D eigenvalue weighted by molar-refractivity contribution is 5.85. The van der Waals surface area contributed by atoms with Crippen LogP contribution in [0.3, 0.4) is 0 Å². The van der Waals surface area contributed by atoms with E-state index < -0.39 is 0 Å². The first-order valence-corrected chi connectivity index (χ1v) is 3.28. The lowest BCUT2D eigenvalue weighted by Crippen LogP contribution is -3.00. The topological polar surface area (TPSA) is 30.2 Å². The summed E-state index contributed by atoms with van der Waals surface area (Å²) in [5.41, 5.74) is 0.551. The molecule has 1 aromatic rings. The van der Waals surface area contributed by atoms with Gasteiger partial charge in [0, 0.05) is 12.1 Å². The van der Waals surface area contributed by atoms with E-state index in [1.165, 1.54) is 7.11 Å². The molecule has 0 fully saturated rings. The summed E-state index contributed by atoms with van der Waals surface area (Å²) in [6.45, 7) is 0. The number of aromatic nitrogens is 1. The Morgan fingerprint density at radius 3 is 2.67 bits per heavy atom. The second-order valence-corrected chi connectivity index (χ2v) is 2.19. The number of ether oxygens (including phenoxy) is 1. The van der Waals surface area contributed by atoms with Crippen molar-refractivity contribution >= 4 is 5.97 Å². The lowest BCUT2D eigenvalue weighted by atomic mass is 10.3. The average Bonchev–Trinajstić information content (AvgIpc) is 2.04. The van der Waals surface area contributed by atoms with Crippen molar-refractivity contribution < 1.29 is 38.1 Å².